The van der Waals surface area contributed by atoms with E-state index in [2.05, 4.69) is 17.2 Å². The molecule has 0 aliphatic heterocycles. The van der Waals surface area contributed by atoms with E-state index in [4.69, 9.17) is 5.73 Å². The van der Waals surface area contributed by atoms with Crippen LogP contribution in [0.25, 0.3) is 0 Å². The highest BCUT2D eigenvalue weighted by Gasteiger charge is 2.07. The highest BCUT2D eigenvalue weighted by molar-refractivity contribution is 14.0. The van der Waals surface area contributed by atoms with Crippen LogP contribution in [0.5, 0.6) is 0 Å². The normalized spacial score (nSPS) is 10.7. The number of hydrogen-bond donors (Lipinski definition) is 2. The molecule has 1 aromatic rings. The number of halogens is 1. The molecule has 0 fully saturated rings. The molecule has 1 rings (SSSR count). The summed E-state index contributed by atoms with van der Waals surface area (Å²) in [4.78, 5) is 17.6. The molecule has 1 aromatic carbocycles. The summed E-state index contributed by atoms with van der Waals surface area (Å²) >= 11 is 0. The fourth-order valence-corrected chi connectivity index (χ4v) is 1.74. The summed E-state index contributed by atoms with van der Waals surface area (Å²) in [7, 11) is 3.50. The Hall–Kier alpha value is -1.31. The molecule has 0 spiro atoms. The molecule has 0 aliphatic carbocycles. The minimum atomic E-state index is 0. The lowest BCUT2D eigenvalue weighted by atomic mass is 10.1. The van der Waals surface area contributed by atoms with Gasteiger partial charge in [0.1, 0.15) is 0 Å². The second-order valence-electron chi connectivity index (χ2n) is 4.84. The maximum absolute atomic E-state index is 11.9. The molecule has 21 heavy (non-hydrogen) atoms. The van der Waals surface area contributed by atoms with Gasteiger partial charge in [-0.05, 0) is 30.5 Å². The Morgan fingerprint density at radius 2 is 2.10 bits per heavy atom. The Bertz CT molecular complexity index is 474. The number of nitrogens with zero attached hydrogens (tertiary/aromatic N) is 2. The van der Waals surface area contributed by atoms with E-state index < -0.39 is 0 Å². The van der Waals surface area contributed by atoms with Crippen LogP contribution < -0.4 is 11.1 Å². The Morgan fingerprint density at radius 3 is 2.71 bits per heavy atom. The third-order valence-corrected chi connectivity index (χ3v) is 2.81. The zero-order chi connectivity index (χ0) is 15.0. The van der Waals surface area contributed by atoms with Crippen molar-refractivity contribution in [1.82, 2.24) is 10.2 Å². The molecule has 3 N–H and O–H groups in total. The lowest BCUT2D eigenvalue weighted by molar-refractivity contribution is 0.0827. The zero-order valence-electron chi connectivity index (χ0n) is 12.9. The van der Waals surface area contributed by atoms with Gasteiger partial charge in [0.25, 0.3) is 5.91 Å². The SMILES string of the molecule is CCCN=C(N)NCCc1cccc(C(=O)N(C)C)c1.I. The van der Waals surface area contributed by atoms with Gasteiger partial charge in [0, 0.05) is 32.7 Å². The highest BCUT2D eigenvalue weighted by atomic mass is 127. The summed E-state index contributed by atoms with van der Waals surface area (Å²) in [5, 5.41) is 3.07. The lowest BCUT2D eigenvalue weighted by Crippen LogP contribution is -2.33. The molecule has 0 heterocycles. The molecule has 0 saturated carbocycles. The van der Waals surface area contributed by atoms with E-state index in [9.17, 15) is 4.79 Å². The second kappa shape index (κ2) is 10.4. The van der Waals surface area contributed by atoms with Gasteiger partial charge >= 0.3 is 0 Å². The summed E-state index contributed by atoms with van der Waals surface area (Å²) in [6.45, 7) is 3.51. The van der Waals surface area contributed by atoms with Gasteiger partial charge < -0.3 is 16.0 Å². The molecule has 0 aliphatic rings. The van der Waals surface area contributed by atoms with Crippen LogP contribution in [0, 0.1) is 0 Å². The lowest BCUT2D eigenvalue weighted by Gasteiger charge is -2.11. The zero-order valence-corrected chi connectivity index (χ0v) is 15.3. The van der Waals surface area contributed by atoms with E-state index in [1.54, 1.807) is 19.0 Å². The molecule has 5 nitrogen and oxygen atoms in total. The van der Waals surface area contributed by atoms with E-state index in [-0.39, 0.29) is 29.9 Å². The van der Waals surface area contributed by atoms with Crippen molar-refractivity contribution in [2.45, 2.75) is 19.8 Å². The summed E-state index contributed by atoms with van der Waals surface area (Å²) in [5.74, 6) is 0.496. The molecular formula is C15H25IN4O. The molecule has 0 radical (unpaired) electrons. The minimum Gasteiger partial charge on any atom is -0.370 e. The summed E-state index contributed by atoms with van der Waals surface area (Å²) in [6, 6.07) is 7.66. The van der Waals surface area contributed by atoms with E-state index in [0.29, 0.717) is 18.1 Å². The Kier molecular flexibility index (Phi) is 9.77. The van der Waals surface area contributed by atoms with Gasteiger partial charge in [-0.15, -0.1) is 24.0 Å². The number of hydrogen-bond acceptors (Lipinski definition) is 2. The molecule has 6 heteroatoms. The van der Waals surface area contributed by atoms with Crippen molar-refractivity contribution in [1.29, 1.82) is 0 Å². The number of carbonyl (C=O) groups excluding carboxylic acids is 1. The standard InChI is InChI=1S/C15H24N4O.HI/c1-4-9-17-15(16)18-10-8-12-6-5-7-13(11-12)14(20)19(2)3;/h5-7,11H,4,8-10H2,1-3H3,(H3,16,17,18);1H. The minimum absolute atomic E-state index is 0. The van der Waals surface area contributed by atoms with Gasteiger partial charge in [-0.25, -0.2) is 0 Å². The van der Waals surface area contributed by atoms with Crippen LogP contribution in [0.15, 0.2) is 29.3 Å². The third-order valence-electron chi connectivity index (χ3n) is 2.81. The van der Waals surface area contributed by atoms with Crippen molar-refractivity contribution in [3.63, 3.8) is 0 Å². The van der Waals surface area contributed by atoms with E-state index in [1.807, 2.05) is 24.3 Å². The van der Waals surface area contributed by atoms with Gasteiger partial charge in [0.05, 0.1) is 0 Å². The Morgan fingerprint density at radius 1 is 1.38 bits per heavy atom. The first-order chi connectivity index (χ1) is 9.54. The number of nitrogens with one attached hydrogen (secondary N) is 1. The van der Waals surface area contributed by atoms with Gasteiger partial charge in [-0.1, -0.05) is 19.1 Å². The molecule has 0 bridgehead atoms. The summed E-state index contributed by atoms with van der Waals surface area (Å²) < 4.78 is 0. The third kappa shape index (κ3) is 7.31. The van der Waals surface area contributed by atoms with Crippen LogP contribution in [-0.2, 0) is 6.42 Å². The van der Waals surface area contributed by atoms with Gasteiger partial charge in [0.15, 0.2) is 5.96 Å². The fraction of sp³-hybridized carbons (Fsp3) is 0.467. The van der Waals surface area contributed by atoms with Crippen molar-refractivity contribution >= 4 is 35.8 Å². The van der Waals surface area contributed by atoms with E-state index in [1.165, 1.54) is 0 Å². The molecule has 118 valence electrons. The van der Waals surface area contributed by atoms with Crippen molar-refractivity contribution in [2.75, 3.05) is 27.2 Å². The van der Waals surface area contributed by atoms with Crippen LogP contribution in [0.3, 0.4) is 0 Å². The van der Waals surface area contributed by atoms with Gasteiger partial charge in [-0.2, -0.15) is 0 Å². The first-order valence-electron chi connectivity index (χ1n) is 6.89. The number of nitrogens with two attached hydrogens (primary N) is 1. The number of aliphatic imine (C=N–C) groups is 1. The average molecular weight is 404 g/mol. The number of carbonyl (C=O) groups is 1. The number of guanidine groups is 1. The molecular weight excluding hydrogens is 379 g/mol. The summed E-state index contributed by atoms with van der Waals surface area (Å²) in [5.41, 5.74) is 7.53. The maximum Gasteiger partial charge on any atom is 0.253 e. The molecule has 0 saturated heterocycles. The van der Waals surface area contributed by atoms with Crippen LogP contribution in [0.2, 0.25) is 0 Å². The van der Waals surface area contributed by atoms with Crippen LogP contribution >= 0.6 is 24.0 Å². The van der Waals surface area contributed by atoms with Crippen molar-refractivity contribution < 1.29 is 4.79 Å². The highest BCUT2D eigenvalue weighted by Crippen LogP contribution is 2.07. The van der Waals surface area contributed by atoms with Crippen molar-refractivity contribution in [3.8, 4) is 0 Å². The number of amides is 1. The number of rotatable bonds is 6. The fourth-order valence-electron chi connectivity index (χ4n) is 1.74. The largest absolute Gasteiger partial charge is 0.370 e. The first-order valence-corrected chi connectivity index (χ1v) is 6.89. The molecule has 0 atom stereocenters. The molecule has 1 amide bonds. The van der Waals surface area contributed by atoms with E-state index in [0.717, 1.165) is 24.9 Å². The van der Waals surface area contributed by atoms with Gasteiger partial charge in [-0.3, -0.25) is 9.79 Å². The van der Waals surface area contributed by atoms with Crippen molar-refractivity contribution in [2.24, 2.45) is 10.7 Å². The maximum atomic E-state index is 11.9. The molecule has 0 aromatic heterocycles. The van der Waals surface area contributed by atoms with Gasteiger partial charge in [0.2, 0.25) is 0 Å². The van der Waals surface area contributed by atoms with Crippen molar-refractivity contribution in [3.05, 3.63) is 35.4 Å². The smallest absolute Gasteiger partial charge is 0.253 e. The number of benzene rings is 1. The first kappa shape index (κ1) is 19.7. The predicted octanol–water partition coefficient (Wildman–Crippen LogP) is 1.86. The summed E-state index contributed by atoms with van der Waals surface area (Å²) in [6.07, 6.45) is 1.79. The van der Waals surface area contributed by atoms with Crippen LogP contribution in [0.1, 0.15) is 29.3 Å². The topological polar surface area (TPSA) is 70.7 Å². The molecule has 0 unspecified atom stereocenters. The second-order valence-corrected chi connectivity index (χ2v) is 4.84. The quantitative estimate of drug-likeness (QED) is 0.432. The Labute approximate surface area is 144 Å². The van der Waals surface area contributed by atoms with Crippen LogP contribution in [0.4, 0.5) is 0 Å². The average Bonchev–Trinajstić information content (AvgIpc) is 2.44. The van der Waals surface area contributed by atoms with E-state index >= 15 is 0 Å². The predicted molar refractivity (Wildman–Crippen MR) is 98.4 cm³/mol. The van der Waals surface area contributed by atoms with Crippen LogP contribution in [-0.4, -0.2) is 44.0 Å². The Balaban J connectivity index is 0.00000400. The monoisotopic (exact) mass is 404 g/mol.